The van der Waals surface area contributed by atoms with Gasteiger partial charge in [-0.15, -0.1) is 0 Å². The normalized spacial score (nSPS) is 13.4. The molecule has 2 heteroatoms. The van der Waals surface area contributed by atoms with Gasteiger partial charge in [-0.1, -0.05) is 44.2 Å². The number of hydrogen-bond donors (Lipinski definition) is 1. The molecule has 0 amide bonds. The topological polar surface area (TPSA) is 29.3 Å². The average molecular weight is 220 g/mol. The van der Waals surface area contributed by atoms with Gasteiger partial charge in [-0.2, -0.15) is 0 Å². The summed E-state index contributed by atoms with van der Waals surface area (Å²) in [6.07, 6.45) is 1.10. The van der Waals surface area contributed by atoms with Gasteiger partial charge in [0.1, 0.15) is 0 Å². The van der Waals surface area contributed by atoms with Crippen molar-refractivity contribution in [3.63, 3.8) is 0 Å². The molecule has 0 aliphatic rings. The summed E-state index contributed by atoms with van der Waals surface area (Å²) in [5.74, 6) is 0.555. The first kappa shape index (κ1) is 13.2. The Balaban J connectivity index is 2.28. The van der Waals surface area contributed by atoms with Crippen molar-refractivity contribution in [1.82, 2.24) is 4.90 Å². The Morgan fingerprint density at radius 1 is 1.19 bits per heavy atom. The first-order valence-corrected chi connectivity index (χ1v) is 6.07. The first-order chi connectivity index (χ1) is 7.59. The standard InChI is InChI=1S/C14H24N2/c1-12(2)14(15)11-16(3)10-9-13-7-5-4-6-8-13/h4-8,12,14H,9-11,15H2,1-3H3. The fourth-order valence-corrected chi connectivity index (χ4v) is 1.63. The highest BCUT2D eigenvalue weighted by Gasteiger charge is 2.10. The van der Waals surface area contributed by atoms with Gasteiger partial charge in [0.15, 0.2) is 0 Å². The Labute approximate surface area is 99.5 Å². The first-order valence-electron chi connectivity index (χ1n) is 6.07. The Hall–Kier alpha value is -0.860. The van der Waals surface area contributed by atoms with Crippen LogP contribution in [0.25, 0.3) is 0 Å². The highest BCUT2D eigenvalue weighted by molar-refractivity contribution is 5.14. The smallest absolute Gasteiger partial charge is 0.0191 e. The van der Waals surface area contributed by atoms with Crippen molar-refractivity contribution in [2.45, 2.75) is 26.3 Å². The van der Waals surface area contributed by atoms with E-state index in [-0.39, 0.29) is 6.04 Å². The van der Waals surface area contributed by atoms with E-state index in [9.17, 15) is 0 Å². The van der Waals surface area contributed by atoms with E-state index >= 15 is 0 Å². The largest absolute Gasteiger partial charge is 0.326 e. The predicted octanol–water partition coefficient (Wildman–Crippen LogP) is 2.14. The van der Waals surface area contributed by atoms with Crippen LogP contribution in [-0.4, -0.2) is 31.1 Å². The molecule has 0 aliphatic carbocycles. The summed E-state index contributed by atoms with van der Waals surface area (Å²) in [7, 11) is 2.14. The van der Waals surface area contributed by atoms with Crippen LogP contribution >= 0.6 is 0 Å². The average Bonchev–Trinajstić information content (AvgIpc) is 2.27. The Bertz CT molecular complexity index is 282. The zero-order chi connectivity index (χ0) is 12.0. The van der Waals surface area contributed by atoms with E-state index in [2.05, 4.69) is 56.1 Å². The summed E-state index contributed by atoms with van der Waals surface area (Å²) in [6, 6.07) is 10.9. The lowest BCUT2D eigenvalue weighted by Crippen LogP contribution is -2.39. The fraction of sp³-hybridized carbons (Fsp3) is 0.571. The lowest BCUT2D eigenvalue weighted by molar-refractivity contribution is 0.286. The zero-order valence-electron chi connectivity index (χ0n) is 10.7. The SMILES string of the molecule is CC(C)C(N)CN(C)CCc1ccccc1. The van der Waals surface area contributed by atoms with Crippen LogP contribution in [0.5, 0.6) is 0 Å². The number of rotatable bonds is 6. The minimum atomic E-state index is 0.278. The third-order valence-electron chi connectivity index (χ3n) is 3.00. The molecular weight excluding hydrogens is 196 g/mol. The quantitative estimate of drug-likeness (QED) is 0.796. The molecule has 1 atom stereocenters. The second-order valence-corrected chi connectivity index (χ2v) is 4.91. The van der Waals surface area contributed by atoms with Gasteiger partial charge in [0.2, 0.25) is 0 Å². The zero-order valence-corrected chi connectivity index (χ0v) is 10.7. The van der Waals surface area contributed by atoms with Crippen LogP contribution < -0.4 is 5.73 Å². The van der Waals surface area contributed by atoms with E-state index in [1.807, 2.05) is 0 Å². The van der Waals surface area contributed by atoms with E-state index in [0.717, 1.165) is 19.5 Å². The lowest BCUT2D eigenvalue weighted by Gasteiger charge is -2.23. The minimum Gasteiger partial charge on any atom is -0.326 e. The number of nitrogens with zero attached hydrogens (tertiary/aromatic N) is 1. The molecule has 0 saturated heterocycles. The molecule has 1 aromatic rings. The third kappa shape index (κ3) is 4.77. The molecule has 1 unspecified atom stereocenters. The van der Waals surface area contributed by atoms with Gasteiger partial charge in [0, 0.05) is 19.1 Å². The van der Waals surface area contributed by atoms with Crippen molar-refractivity contribution < 1.29 is 0 Å². The predicted molar refractivity (Wildman–Crippen MR) is 70.5 cm³/mol. The molecule has 0 aromatic heterocycles. The molecule has 16 heavy (non-hydrogen) atoms. The van der Waals surface area contributed by atoms with E-state index in [1.54, 1.807) is 0 Å². The van der Waals surface area contributed by atoms with Crippen molar-refractivity contribution in [3.05, 3.63) is 35.9 Å². The molecule has 2 N–H and O–H groups in total. The summed E-state index contributed by atoms with van der Waals surface area (Å²) < 4.78 is 0. The summed E-state index contributed by atoms with van der Waals surface area (Å²) in [4.78, 5) is 2.32. The molecule has 90 valence electrons. The van der Waals surface area contributed by atoms with Crippen LogP contribution in [0.3, 0.4) is 0 Å². The minimum absolute atomic E-state index is 0.278. The second-order valence-electron chi connectivity index (χ2n) is 4.91. The summed E-state index contributed by atoms with van der Waals surface area (Å²) >= 11 is 0. The van der Waals surface area contributed by atoms with Crippen molar-refractivity contribution in [2.75, 3.05) is 20.1 Å². The number of benzene rings is 1. The van der Waals surface area contributed by atoms with Crippen molar-refractivity contribution >= 4 is 0 Å². The lowest BCUT2D eigenvalue weighted by atomic mass is 10.1. The third-order valence-corrected chi connectivity index (χ3v) is 3.00. The van der Waals surface area contributed by atoms with E-state index in [4.69, 9.17) is 5.73 Å². The maximum atomic E-state index is 6.04. The number of likely N-dealkylation sites (N-methyl/N-ethyl adjacent to an activating group) is 1. The van der Waals surface area contributed by atoms with Crippen LogP contribution in [0.15, 0.2) is 30.3 Å². The van der Waals surface area contributed by atoms with Crippen LogP contribution in [0.1, 0.15) is 19.4 Å². The summed E-state index contributed by atoms with van der Waals surface area (Å²) in [5.41, 5.74) is 7.44. The molecule has 0 heterocycles. The van der Waals surface area contributed by atoms with Gasteiger partial charge in [0.05, 0.1) is 0 Å². The number of nitrogens with two attached hydrogens (primary N) is 1. The van der Waals surface area contributed by atoms with E-state index < -0.39 is 0 Å². The Morgan fingerprint density at radius 2 is 1.81 bits per heavy atom. The van der Waals surface area contributed by atoms with Crippen LogP contribution in [0, 0.1) is 5.92 Å². The molecule has 0 bridgehead atoms. The molecule has 2 nitrogen and oxygen atoms in total. The van der Waals surface area contributed by atoms with Gasteiger partial charge in [-0.05, 0) is 24.9 Å². The van der Waals surface area contributed by atoms with Crippen LogP contribution in [0.4, 0.5) is 0 Å². The second kappa shape index (κ2) is 6.66. The van der Waals surface area contributed by atoms with Crippen molar-refractivity contribution in [3.8, 4) is 0 Å². The molecule has 1 rings (SSSR count). The van der Waals surface area contributed by atoms with Crippen molar-refractivity contribution in [1.29, 1.82) is 0 Å². The van der Waals surface area contributed by atoms with Crippen LogP contribution in [-0.2, 0) is 6.42 Å². The summed E-state index contributed by atoms with van der Waals surface area (Å²) in [6.45, 7) is 6.40. The van der Waals surface area contributed by atoms with Gasteiger partial charge in [0.25, 0.3) is 0 Å². The molecule has 1 aromatic carbocycles. The fourth-order valence-electron chi connectivity index (χ4n) is 1.63. The van der Waals surface area contributed by atoms with Gasteiger partial charge >= 0.3 is 0 Å². The highest BCUT2D eigenvalue weighted by Crippen LogP contribution is 2.03. The van der Waals surface area contributed by atoms with Gasteiger partial charge in [-0.25, -0.2) is 0 Å². The summed E-state index contributed by atoms with van der Waals surface area (Å²) in [5, 5.41) is 0. The molecule has 0 fully saturated rings. The maximum Gasteiger partial charge on any atom is 0.0191 e. The molecule has 0 aliphatic heterocycles. The maximum absolute atomic E-state index is 6.04. The molecule has 0 spiro atoms. The number of hydrogen-bond acceptors (Lipinski definition) is 2. The van der Waals surface area contributed by atoms with Gasteiger partial charge < -0.3 is 10.6 Å². The van der Waals surface area contributed by atoms with Crippen LogP contribution in [0.2, 0.25) is 0 Å². The van der Waals surface area contributed by atoms with Gasteiger partial charge in [-0.3, -0.25) is 0 Å². The molecular formula is C14H24N2. The van der Waals surface area contributed by atoms with E-state index in [0.29, 0.717) is 5.92 Å². The molecule has 0 radical (unpaired) electrons. The Kier molecular flexibility index (Phi) is 5.50. The van der Waals surface area contributed by atoms with Crippen molar-refractivity contribution in [2.24, 2.45) is 11.7 Å². The molecule has 0 saturated carbocycles. The monoisotopic (exact) mass is 220 g/mol. The highest BCUT2D eigenvalue weighted by atomic mass is 15.1. The Morgan fingerprint density at radius 3 is 2.38 bits per heavy atom. The van der Waals surface area contributed by atoms with E-state index in [1.165, 1.54) is 5.56 Å².